The summed E-state index contributed by atoms with van der Waals surface area (Å²) >= 11 is 0. The van der Waals surface area contributed by atoms with Gasteiger partial charge in [-0.1, -0.05) is 27.2 Å². The topological polar surface area (TPSA) is 12.5 Å². The summed E-state index contributed by atoms with van der Waals surface area (Å²) in [5.74, 6) is 0. The summed E-state index contributed by atoms with van der Waals surface area (Å²) in [5.41, 5.74) is 0. The Balaban J connectivity index is 0.000000292. The lowest BCUT2D eigenvalue weighted by Crippen LogP contribution is -2.35. The maximum absolute atomic E-state index is 5.16. The van der Waals surface area contributed by atoms with Gasteiger partial charge in [0, 0.05) is 13.1 Å². The Hall–Kier alpha value is -0.0800. The standard InChI is InChI=1S/C6H13NO.C3H8/c1-2-7-3-5-8-6-4-7;1-3-2/h2-6H2,1H3;3H2,1-2H3. The fourth-order valence-electron chi connectivity index (χ4n) is 0.917. The van der Waals surface area contributed by atoms with Gasteiger partial charge >= 0.3 is 0 Å². The Bertz CT molecular complexity index is 70.0. The van der Waals surface area contributed by atoms with Crippen LogP contribution in [0.25, 0.3) is 0 Å². The molecule has 1 aliphatic rings. The highest BCUT2D eigenvalue weighted by Gasteiger charge is 2.05. The van der Waals surface area contributed by atoms with E-state index in [1.807, 2.05) is 0 Å². The minimum Gasteiger partial charge on any atom is -0.379 e. The van der Waals surface area contributed by atoms with Gasteiger partial charge in [0.2, 0.25) is 0 Å². The molecule has 0 N–H and O–H groups in total. The molecule has 0 bridgehead atoms. The molecule has 0 atom stereocenters. The first-order valence-electron chi connectivity index (χ1n) is 4.65. The van der Waals surface area contributed by atoms with Crippen molar-refractivity contribution in [3.63, 3.8) is 0 Å². The first-order valence-corrected chi connectivity index (χ1v) is 4.65. The number of hydrogen-bond acceptors (Lipinski definition) is 2. The molecular weight excluding hydrogens is 138 g/mol. The average Bonchev–Trinajstić information content (AvgIpc) is 2.08. The molecule has 11 heavy (non-hydrogen) atoms. The highest BCUT2D eigenvalue weighted by Crippen LogP contribution is 1.93. The van der Waals surface area contributed by atoms with Crippen molar-refractivity contribution in [1.82, 2.24) is 4.90 Å². The summed E-state index contributed by atoms with van der Waals surface area (Å²) in [7, 11) is 0. The van der Waals surface area contributed by atoms with Crippen LogP contribution >= 0.6 is 0 Å². The molecule has 0 aromatic rings. The smallest absolute Gasteiger partial charge is 0.0594 e. The van der Waals surface area contributed by atoms with E-state index in [1.54, 1.807) is 0 Å². The van der Waals surface area contributed by atoms with E-state index < -0.39 is 0 Å². The minimum absolute atomic E-state index is 0.924. The minimum atomic E-state index is 0.924. The molecule has 0 radical (unpaired) electrons. The first kappa shape index (κ1) is 10.9. The Morgan fingerprint density at radius 1 is 1.09 bits per heavy atom. The van der Waals surface area contributed by atoms with Gasteiger partial charge in [-0.15, -0.1) is 0 Å². The summed E-state index contributed by atoms with van der Waals surface area (Å²) in [5, 5.41) is 0. The summed E-state index contributed by atoms with van der Waals surface area (Å²) in [6.07, 6.45) is 1.25. The van der Waals surface area contributed by atoms with Crippen molar-refractivity contribution in [2.45, 2.75) is 27.2 Å². The zero-order chi connectivity index (χ0) is 8.53. The Morgan fingerprint density at radius 2 is 1.55 bits per heavy atom. The van der Waals surface area contributed by atoms with Crippen LogP contribution in [-0.4, -0.2) is 37.7 Å². The average molecular weight is 159 g/mol. The molecule has 0 aromatic carbocycles. The second-order valence-electron chi connectivity index (χ2n) is 2.75. The van der Waals surface area contributed by atoms with Crippen LogP contribution in [0, 0.1) is 0 Å². The van der Waals surface area contributed by atoms with E-state index >= 15 is 0 Å². The van der Waals surface area contributed by atoms with Crippen molar-refractivity contribution in [3.05, 3.63) is 0 Å². The molecule has 0 spiro atoms. The lowest BCUT2D eigenvalue weighted by molar-refractivity contribution is 0.0405. The van der Waals surface area contributed by atoms with Crippen LogP contribution < -0.4 is 0 Å². The second-order valence-corrected chi connectivity index (χ2v) is 2.75. The highest BCUT2D eigenvalue weighted by atomic mass is 16.5. The van der Waals surface area contributed by atoms with E-state index in [4.69, 9.17) is 4.74 Å². The third kappa shape index (κ3) is 6.32. The normalized spacial score (nSPS) is 18.8. The molecule has 0 aromatic heterocycles. The molecular formula is C9H21NO. The third-order valence-electron chi connectivity index (χ3n) is 1.55. The molecule has 0 saturated carbocycles. The first-order chi connectivity index (χ1) is 5.35. The second kappa shape index (κ2) is 8.02. The van der Waals surface area contributed by atoms with Crippen LogP contribution in [0.2, 0.25) is 0 Å². The van der Waals surface area contributed by atoms with Crippen molar-refractivity contribution in [2.24, 2.45) is 0 Å². The largest absolute Gasteiger partial charge is 0.379 e. The molecule has 0 amide bonds. The number of morpholine rings is 1. The van der Waals surface area contributed by atoms with Crippen LogP contribution in [0.5, 0.6) is 0 Å². The number of hydrogen-bond donors (Lipinski definition) is 0. The van der Waals surface area contributed by atoms with E-state index in [0.29, 0.717) is 0 Å². The molecule has 0 unspecified atom stereocenters. The predicted octanol–water partition coefficient (Wildman–Crippen LogP) is 1.75. The number of likely N-dealkylation sites (N-methyl/N-ethyl adjacent to an activating group) is 1. The van der Waals surface area contributed by atoms with Gasteiger partial charge in [-0.2, -0.15) is 0 Å². The lowest BCUT2D eigenvalue weighted by Gasteiger charge is -2.24. The molecule has 2 heteroatoms. The maximum Gasteiger partial charge on any atom is 0.0594 e. The van der Waals surface area contributed by atoms with Gasteiger partial charge in [0.05, 0.1) is 13.2 Å². The van der Waals surface area contributed by atoms with Gasteiger partial charge in [-0.05, 0) is 6.54 Å². The van der Waals surface area contributed by atoms with Crippen LogP contribution in [0.4, 0.5) is 0 Å². The fourth-order valence-corrected chi connectivity index (χ4v) is 0.917. The van der Waals surface area contributed by atoms with Crippen LogP contribution in [-0.2, 0) is 4.74 Å². The highest BCUT2D eigenvalue weighted by molar-refractivity contribution is 4.57. The van der Waals surface area contributed by atoms with Crippen LogP contribution in [0.15, 0.2) is 0 Å². The van der Waals surface area contributed by atoms with E-state index in [9.17, 15) is 0 Å². The number of ether oxygens (including phenoxy) is 1. The van der Waals surface area contributed by atoms with Gasteiger partial charge in [0.15, 0.2) is 0 Å². The van der Waals surface area contributed by atoms with E-state index in [0.717, 1.165) is 26.3 Å². The van der Waals surface area contributed by atoms with Gasteiger partial charge in [0.25, 0.3) is 0 Å². The zero-order valence-corrected chi connectivity index (χ0v) is 8.10. The van der Waals surface area contributed by atoms with Gasteiger partial charge in [-0.25, -0.2) is 0 Å². The molecule has 1 rings (SSSR count). The van der Waals surface area contributed by atoms with Crippen molar-refractivity contribution in [1.29, 1.82) is 0 Å². The molecule has 2 nitrogen and oxygen atoms in total. The zero-order valence-electron chi connectivity index (χ0n) is 8.10. The lowest BCUT2D eigenvalue weighted by atomic mass is 10.4. The molecule has 1 heterocycles. The summed E-state index contributed by atoms with van der Waals surface area (Å²) in [6, 6.07) is 0. The van der Waals surface area contributed by atoms with Crippen molar-refractivity contribution >= 4 is 0 Å². The van der Waals surface area contributed by atoms with E-state index in [-0.39, 0.29) is 0 Å². The van der Waals surface area contributed by atoms with Gasteiger partial charge < -0.3 is 4.74 Å². The van der Waals surface area contributed by atoms with Gasteiger partial charge in [-0.3, -0.25) is 4.90 Å². The summed E-state index contributed by atoms with van der Waals surface area (Å²) in [6.45, 7) is 11.7. The van der Waals surface area contributed by atoms with Gasteiger partial charge in [0.1, 0.15) is 0 Å². The Morgan fingerprint density at radius 3 is 1.82 bits per heavy atom. The van der Waals surface area contributed by atoms with Crippen LogP contribution in [0.3, 0.4) is 0 Å². The van der Waals surface area contributed by atoms with Crippen molar-refractivity contribution < 1.29 is 4.74 Å². The fraction of sp³-hybridized carbons (Fsp3) is 1.00. The van der Waals surface area contributed by atoms with E-state index in [2.05, 4.69) is 25.7 Å². The molecule has 1 fully saturated rings. The number of rotatable bonds is 1. The predicted molar refractivity (Wildman–Crippen MR) is 48.9 cm³/mol. The molecule has 68 valence electrons. The SMILES string of the molecule is CCC.CCN1CCOCC1. The maximum atomic E-state index is 5.16. The monoisotopic (exact) mass is 159 g/mol. The van der Waals surface area contributed by atoms with Crippen LogP contribution in [0.1, 0.15) is 27.2 Å². The Labute approximate surface area is 70.5 Å². The third-order valence-corrected chi connectivity index (χ3v) is 1.55. The number of nitrogens with zero attached hydrogens (tertiary/aromatic N) is 1. The summed E-state index contributed by atoms with van der Waals surface area (Å²) < 4.78 is 5.16. The van der Waals surface area contributed by atoms with Crippen molar-refractivity contribution in [2.75, 3.05) is 32.8 Å². The molecule has 1 aliphatic heterocycles. The Kier molecular flexibility index (Phi) is 7.96. The summed E-state index contributed by atoms with van der Waals surface area (Å²) in [4.78, 5) is 2.39. The molecule has 1 saturated heterocycles. The van der Waals surface area contributed by atoms with E-state index in [1.165, 1.54) is 13.0 Å². The quantitative estimate of drug-likeness (QED) is 0.578. The molecule has 0 aliphatic carbocycles. The van der Waals surface area contributed by atoms with Crippen molar-refractivity contribution in [3.8, 4) is 0 Å².